The molecule has 0 radical (unpaired) electrons. The van der Waals surface area contributed by atoms with Crippen LogP contribution in [0.25, 0.3) is 0 Å². The van der Waals surface area contributed by atoms with Gasteiger partial charge in [-0.1, -0.05) is 6.92 Å². The minimum Gasteiger partial charge on any atom is -0.355 e. The van der Waals surface area contributed by atoms with Crippen molar-refractivity contribution in [3.8, 4) is 0 Å². The maximum Gasteiger partial charge on any atom is 0.246 e. The molecule has 1 saturated heterocycles. The van der Waals surface area contributed by atoms with Gasteiger partial charge in [-0.15, -0.1) is 24.0 Å². The van der Waals surface area contributed by atoms with E-state index in [0.717, 1.165) is 37.8 Å². The third-order valence-electron chi connectivity index (χ3n) is 4.05. The van der Waals surface area contributed by atoms with E-state index in [0.29, 0.717) is 13.1 Å². The molecule has 0 aromatic carbocycles. The van der Waals surface area contributed by atoms with Gasteiger partial charge >= 0.3 is 0 Å². The molecule has 0 bridgehead atoms. The molecule has 1 aromatic rings. The number of hydrogen-bond acceptors (Lipinski definition) is 4. The van der Waals surface area contributed by atoms with Crippen LogP contribution >= 0.6 is 24.0 Å². The largest absolute Gasteiger partial charge is 0.355 e. The van der Waals surface area contributed by atoms with E-state index in [1.807, 2.05) is 18.1 Å². The molecule has 136 valence electrons. The second kappa shape index (κ2) is 9.82. The molecule has 0 spiro atoms. The first-order chi connectivity index (χ1) is 11.0. The Kier molecular flexibility index (Phi) is 8.46. The summed E-state index contributed by atoms with van der Waals surface area (Å²) in [6.45, 7) is 6.63. The molecule has 2 heterocycles. The molecular weight excluding hydrogens is 421 g/mol. The molecule has 0 unspecified atom stereocenters. The van der Waals surface area contributed by atoms with Crippen molar-refractivity contribution in [2.75, 3.05) is 58.3 Å². The number of halogens is 1. The summed E-state index contributed by atoms with van der Waals surface area (Å²) in [6, 6.07) is 0. The van der Waals surface area contributed by atoms with E-state index in [-0.39, 0.29) is 29.9 Å². The fourth-order valence-electron chi connectivity index (χ4n) is 2.52. The number of hydrogen-bond donors (Lipinski definition) is 1. The topological polar surface area (TPSA) is 69.0 Å². The zero-order valence-electron chi connectivity index (χ0n) is 14.9. The molecule has 8 nitrogen and oxygen atoms in total. The number of anilines is 1. The predicted octanol–water partition coefficient (Wildman–Crippen LogP) is 0.214. The molecule has 1 aliphatic rings. The Morgan fingerprint density at radius 2 is 2.21 bits per heavy atom. The number of aliphatic imine (C=N–C) groups is 1. The molecule has 0 atom stereocenters. The number of nitrogens with one attached hydrogen (secondary N) is 1. The van der Waals surface area contributed by atoms with Crippen LogP contribution in [0.1, 0.15) is 6.92 Å². The van der Waals surface area contributed by atoms with Crippen LogP contribution in [0.5, 0.6) is 0 Å². The van der Waals surface area contributed by atoms with Crippen molar-refractivity contribution in [1.82, 2.24) is 24.9 Å². The molecule has 9 heteroatoms. The number of rotatable bonds is 5. The summed E-state index contributed by atoms with van der Waals surface area (Å²) in [7, 11) is 5.69. The highest BCUT2D eigenvalue weighted by atomic mass is 127. The third-order valence-corrected chi connectivity index (χ3v) is 4.05. The average molecular weight is 449 g/mol. The van der Waals surface area contributed by atoms with Crippen molar-refractivity contribution in [3.63, 3.8) is 0 Å². The lowest BCUT2D eigenvalue weighted by Crippen LogP contribution is -2.55. The number of likely N-dealkylation sites (N-methyl/N-ethyl adjacent to an activating group) is 1. The Hall–Kier alpha value is -1.36. The number of amides is 1. The molecule has 0 saturated carbocycles. The van der Waals surface area contributed by atoms with E-state index < -0.39 is 0 Å². The van der Waals surface area contributed by atoms with Crippen molar-refractivity contribution < 1.29 is 4.79 Å². The van der Waals surface area contributed by atoms with E-state index in [1.54, 1.807) is 22.8 Å². The second-order valence-electron chi connectivity index (χ2n) is 5.71. The van der Waals surface area contributed by atoms with Crippen molar-refractivity contribution in [2.24, 2.45) is 12.0 Å². The standard InChI is InChI=1S/C15H27N7O.HI/c1-5-19(3)7-6-17-15(16-2)21-8-9-22(14(23)12-21)13-10-18-20(4)11-13;/h10-11H,5-9,12H2,1-4H3,(H,16,17);1H. The molecule has 1 amide bonds. The lowest BCUT2D eigenvalue weighted by atomic mass is 10.3. The van der Waals surface area contributed by atoms with Crippen molar-refractivity contribution in [1.29, 1.82) is 0 Å². The van der Waals surface area contributed by atoms with E-state index in [9.17, 15) is 4.79 Å². The van der Waals surface area contributed by atoms with Crippen molar-refractivity contribution in [3.05, 3.63) is 12.4 Å². The van der Waals surface area contributed by atoms with Gasteiger partial charge < -0.3 is 20.0 Å². The molecule has 1 aromatic heterocycles. The average Bonchev–Trinajstić information content (AvgIpc) is 2.97. The van der Waals surface area contributed by atoms with Gasteiger partial charge in [0.2, 0.25) is 5.91 Å². The highest BCUT2D eigenvalue weighted by molar-refractivity contribution is 14.0. The van der Waals surface area contributed by atoms with Gasteiger partial charge in [0.1, 0.15) is 6.54 Å². The molecular formula is C15H28IN7O. The fourth-order valence-corrected chi connectivity index (χ4v) is 2.52. The summed E-state index contributed by atoms with van der Waals surface area (Å²) < 4.78 is 1.71. The van der Waals surface area contributed by atoms with Gasteiger partial charge in [-0.2, -0.15) is 5.10 Å². The summed E-state index contributed by atoms with van der Waals surface area (Å²) in [4.78, 5) is 22.7. The number of aromatic nitrogens is 2. The van der Waals surface area contributed by atoms with Crippen LogP contribution in [-0.2, 0) is 11.8 Å². The van der Waals surface area contributed by atoms with Gasteiger partial charge in [-0.25, -0.2) is 0 Å². The van der Waals surface area contributed by atoms with E-state index in [4.69, 9.17) is 0 Å². The van der Waals surface area contributed by atoms with Crippen LogP contribution in [0.3, 0.4) is 0 Å². The number of nitrogens with zero attached hydrogens (tertiary/aromatic N) is 6. The monoisotopic (exact) mass is 449 g/mol. The number of piperazine rings is 1. The van der Waals surface area contributed by atoms with Crippen LogP contribution in [0, 0.1) is 0 Å². The Balaban J connectivity index is 0.00000288. The Morgan fingerprint density at radius 3 is 2.75 bits per heavy atom. The minimum atomic E-state index is 0. The lowest BCUT2D eigenvalue weighted by molar-refractivity contribution is -0.120. The van der Waals surface area contributed by atoms with Crippen LogP contribution in [0.15, 0.2) is 17.4 Å². The van der Waals surface area contributed by atoms with Crippen LogP contribution in [0.4, 0.5) is 5.69 Å². The van der Waals surface area contributed by atoms with Crippen LogP contribution in [-0.4, -0.2) is 84.8 Å². The van der Waals surface area contributed by atoms with Crippen molar-refractivity contribution >= 4 is 41.5 Å². The first-order valence-electron chi connectivity index (χ1n) is 7.98. The minimum absolute atomic E-state index is 0. The van der Waals surface area contributed by atoms with E-state index in [1.165, 1.54) is 0 Å². The quantitative estimate of drug-likeness (QED) is 0.396. The number of guanidine groups is 1. The lowest BCUT2D eigenvalue weighted by Gasteiger charge is -2.35. The van der Waals surface area contributed by atoms with Gasteiger partial charge in [0.25, 0.3) is 0 Å². The van der Waals surface area contributed by atoms with E-state index >= 15 is 0 Å². The Labute approximate surface area is 160 Å². The second-order valence-corrected chi connectivity index (χ2v) is 5.71. The van der Waals surface area contributed by atoms with Crippen LogP contribution < -0.4 is 10.2 Å². The maximum atomic E-state index is 12.4. The van der Waals surface area contributed by atoms with Gasteiger partial charge in [0.15, 0.2) is 5.96 Å². The normalized spacial score (nSPS) is 15.7. The molecule has 2 rings (SSSR count). The van der Waals surface area contributed by atoms with Crippen LogP contribution in [0.2, 0.25) is 0 Å². The number of aryl methyl sites for hydroxylation is 1. The Bertz CT molecular complexity index is 560. The molecule has 0 aliphatic carbocycles. The SMILES string of the molecule is CCN(C)CCNC(=NC)N1CCN(c2cnn(C)c2)C(=O)C1.I. The molecule has 1 fully saturated rings. The predicted molar refractivity (Wildman–Crippen MR) is 107 cm³/mol. The maximum absolute atomic E-state index is 12.4. The smallest absolute Gasteiger partial charge is 0.246 e. The highest BCUT2D eigenvalue weighted by Crippen LogP contribution is 2.15. The molecule has 1 aliphatic heterocycles. The van der Waals surface area contributed by atoms with Crippen molar-refractivity contribution in [2.45, 2.75) is 6.92 Å². The third kappa shape index (κ3) is 5.33. The zero-order chi connectivity index (χ0) is 16.8. The number of carbonyl (C=O) groups excluding carboxylic acids is 1. The van der Waals surface area contributed by atoms with Gasteiger partial charge in [-0.05, 0) is 13.6 Å². The highest BCUT2D eigenvalue weighted by Gasteiger charge is 2.27. The summed E-state index contributed by atoms with van der Waals surface area (Å²) in [5.41, 5.74) is 0.852. The van der Waals surface area contributed by atoms with Gasteiger partial charge in [0.05, 0.1) is 11.9 Å². The summed E-state index contributed by atoms with van der Waals surface area (Å²) in [6.07, 6.45) is 3.59. The summed E-state index contributed by atoms with van der Waals surface area (Å²) in [5, 5.41) is 7.46. The molecule has 24 heavy (non-hydrogen) atoms. The zero-order valence-corrected chi connectivity index (χ0v) is 17.2. The van der Waals surface area contributed by atoms with E-state index in [2.05, 4.69) is 34.3 Å². The van der Waals surface area contributed by atoms with Gasteiger partial charge in [-0.3, -0.25) is 14.5 Å². The first-order valence-corrected chi connectivity index (χ1v) is 7.98. The first kappa shape index (κ1) is 20.7. The summed E-state index contributed by atoms with van der Waals surface area (Å²) >= 11 is 0. The molecule has 1 N–H and O–H groups in total. The fraction of sp³-hybridized carbons (Fsp3) is 0.667. The Morgan fingerprint density at radius 1 is 1.46 bits per heavy atom. The number of carbonyl (C=O) groups is 1. The van der Waals surface area contributed by atoms with Gasteiger partial charge in [0, 0.05) is 46.5 Å². The summed E-state index contributed by atoms with van der Waals surface area (Å²) in [5.74, 6) is 0.853.